The van der Waals surface area contributed by atoms with Gasteiger partial charge in [-0.3, -0.25) is 0 Å². The first-order chi connectivity index (χ1) is 8.42. The maximum Gasteiger partial charge on any atom is 0.253 e. The normalized spacial score (nSPS) is 11.1. The molecular weight excluding hydrogens is 252 g/mol. The van der Waals surface area contributed by atoms with Crippen LogP contribution in [0.15, 0.2) is 41.1 Å². The number of nitrogens with zero attached hydrogens (tertiary/aromatic N) is 4. The lowest BCUT2D eigenvalue weighted by Gasteiger charge is -1.93. The van der Waals surface area contributed by atoms with Crippen LogP contribution in [-0.4, -0.2) is 25.3 Å². The van der Waals surface area contributed by atoms with Crippen LogP contribution in [0.25, 0.3) is 5.78 Å². The quantitative estimate of drug-likeness (QED) is 0.678. The molecule has 0 saturated carbocycles. The average molecular weight is 262 g/mol. The van der Waals surface area contributed by atoms with E-state index in [1.807, 2.05) is 12.3 Å². The molecule has 0 atom stereocenters. The van der Waals surface area contributed by atoms with E-state index in [-0.39, 0.29) is 0 Å². The van der Waals surface area contributed by atoms with Crippen molar-refractivity contribution in [2.24, 2.45) is 0 Å². The summed E-state index contributed by atoms with van der Waals surface area (Å²) < 4.78 is 1.70. The minimum atomic E-state index is 0.658. The van der Waals surface area contributed by atoms with Crippen LogP contribution in [0, 0.1) is 0 Å². The van der Waals surface area contributed by atoms with Crippen LogP contribution < -0.4 is 0 Å². The molecule has 0 bridgehead atoms. The largest absolute Gasteiger partial charge is 0.253 e. The molecule has 3 rings (SSSR count). The monoisotopic (exact) mass is 262 g/mol. The van der Waals surface area contributed by atoms with E-state index >= 15 is 0 Å². The van der Waals surface area contributed by atoms with Gasteiger partial charge in [0.15, 0.2) is 0 Å². The zero-order valence-electron chi connectivity index (χ0n) is 8.98. The van der Waals surface area contributed by atoms with Crippen molar-refractivity contribution in [1.82, 2.24) is 19.6 Å². The molecule has 0 fully saturated rings. The lowest BCUT2D eigenvalue weighted by Crippen LogP contribution is -1.87. The highest BCUT2D eigenvalue weighted by Gasteiger charge is 2.04. The molecule has 0 N–H and O–H groups in total. The van der Waals surface area contributed by atoms with Gasteiger partial charge in [-0.05, 0) is 23.9 Å². The number of hydrogen-bond acceptors (Lipinski definition) is 5. The Morgan fingerprint density at radius 3 is 3.18 bits per heavy atom. The second-order valence-electron chi connectivity index (χ2n) is 3.44. The molecule has 4 nitrogen and oxygen atoms in total. The van der Waals surface area contributed by atoms with Gasteiger partial charge in [0.25, 0.3) is 5.78 Å². The standard InChI is InChI=1S/C11H10N4S2/c1-3-9(16-7-1)4-8-17-11-13-10-12-5-2-6-15(10)14-11/h1-3,5-7H,4,8H2. The van der Waals surface area contributed by atoms with Crippen LogP contribution in [-0.2, 0) is 6.42 Å². The highest BCUT2D eigenvalue weighted by molar-refractivity contribution is 7.99. The third-order valence-corrected chi connectivity index (χ3v) is 4.03. The summed E-state index contributed by atoms with van der Waals surface area (Å²) in [5.41, 5.74) is 0. The van der Waals surface area contributed by atoms with Crippen LogP contribution in [0.2, 0.25) is 0 Å². The second kappa shape index (κ2) is 4.85. The highest BCUT2D eigenvalue weighted by Crippen LogP contribution is 2.17. The third-order valence-electron chi connectivity index (χ3n) is 2.26. The van der Waals surface area contributed by atoms with Crippen molar-refractivity contribution in [2.75, 3.05) is 5.75 Å². The van der Waals surface area contributed by atoms with E-state index in [0.29, 0.717) is 5.78 Å². The summed E-state index contributed by atoms with van der Waals surface area (Å²) in [5, 5.41) is 7.24. The molecule has 3 aromatic rings. The van der Waals surface area contributed by atoms with E-state index in [0.717, 1.165) is 17.3 Å². The first-order valence-electron chi connectivity index (χ1n) is 5.24. The Morgan fingerprint density at radius 2 is 2.35 bits per heavy atom. The molecule has 0 spiro atoms. The summed E-state index contributed by atoms with van der Waals surface area (Å²) in [5.74, 6) is 1.66. The Balaban J connectivity index is 1.65. The van der Waals surface area contributed by atoms with E-state index in [1.165, 1.54) is 4.88 Å². The van der Waals surface area contributed by atoms with Crippen molar-refractivity contribution in [3.05, 3.63) is 40.8 Å². The Labute approximate surface area is 107 Å². The smallest absolute Gasteiger partial charge is 0.220 e. The van der Waals surface area contributed by atoms with E-state index in [2.05, 4.69) is 32.6 Å². The van der Waals surface area contributed by atoms with Crippen molar-refractivity contribution in [2.45, 2.75) is 11.6 Å². The SMILES string of the molecule is c1csc(CCSc2nc3ncccn3n2)c1. The molecule has 0 aliphatic heterocycles. The molecule has 86 valence electrons. The van der Waals surface area contributed by atoms with Crippen LogP contribution in [0.5, 0.6) is 0 Å². The fourth-order valence-corrected chi connectivity index (χ4v) is 3.11. The van der Waals surface area contributed by atoms with Gasteiger partial charge in [-0.25, -0.2) is 9.50 Å². The summed E-state index contributed by atoms with van der Waals surface area (Å²) >= 11 is 3.46. The molecule has 0 radical (unpaired) electrons. The van der Waals surface area contributed by atoms with Gasteiger partial charge in [0, 0.05) is 23.0 Å². The highest BCUT2D eigenvalue weighted by atomic mass is 32.2. The molecule has 3 aromatic heterocycles. The Morgan fingerprint density at radius 1 is 1.35 bits per heavy atom. The third kappa shape index (κ3) is 2.48. The van der Waals surface area contributed by atoms with Crippen LogP contribution in [0.3, 0.4) is 0 Å². The summed E-state index contributed by atoms with van der Waals surface area (Å²) in [7, 11) is 0. The van der Waals surface area contributed by atoms with Gasteiger partial charge in [0.05, 0.1) is 0 Å². The van der Waals surface area contributed by atoms with Gasteiger partial charge < -0.3 is 0 Å². The number of thioether (sulfide) groups is 1. The minimum Gasteiger partial charge on any atom is -0.220 e. The maximum atomic E-state index is 4.34. The molecule has 3 heterocycles. The van der Waals surface area contributed by atoms with E-state index in [9.17, 15) is 0 Å². The summed E-state index contributed by atoms with van der Waals surface area (Å²) in [6.07, 6.45) is 4.65. The number of thiophene rings is 1. The van der Waals surface area contributed by atoms with E-state index < -0.39 is 0 Å². The van der Waals surface area contributed by atoms with Gasteiger partial charge in [0.2, 0.25) is 5.16 Å². The number of aryl methyl sites for hydroxylation is 1. The number of hydrogen-bond donors (Lipinski definition) is 0. The Bertz CT molecular complexity index is 570. The molecule has 0 aliphatic carbocycles. The fourth-order valence-electron chi connectivity index (χ4n) is 1.47. The minimum absolute atomic E-state index is 0.658. The molecule has 6 heteroatoms. The lowest BCUT2D eigenvalue weighted by molar-refractivity contribution is 0.879. The van der Waals surface area contributed by atoms with Crippen molar-refractivity contribution in [3.63, 3.8) is 0 Å². The predicted octanol–water partition coefficient (Wildman–Crippen LogP) is 2.52. The van der Waals surface area contributed by atoms with Crippen molar-refractivity contribution in [3.8, 4) is 0 Å². The molecule has 0 amide bonds. The number of rotatable bonds is 4. The summed E-state index contributed by atoms with van der Waals surface area (Å²) in [6, 6.07) is 6.09. The Hall–Kier alpha value is -1.40. The van der Waals surface area contributed by atoms with E-state index in [1.54, 1.807) is 33.8 Å². The first kappa shape index (κ1) is 10.7. The van der Waals surface area contributed by atoms with E-state index in [4.69, 9.17) is 0 Å². The summed E-state index contributed by atoms with van der Waals surface area (Å²) in [6.45, 7) is 0. The van der Waals surface area contributed by atoms with Crippen molar-refractivity contribution in [1.29, 1.82) is 0 Å². The van der Waals surface area contributed by atoms with Gasteiger partial charge >= 0.3 is 0 Å². The molecule has 17 heavy (non-hydrogen) atoms. The zero-order valence-corrected chi connectivity index (χ0v) is 10.6. The second-order valence-corrected chi connectivity index (χ2v) is 5.53. The van der Waals surface area contributed by atoms with Crippen molar-refractivity contribution < 1.29 is 0 Å². The molecule has 0 aromatic carbocycles. The first-order valence-corrected chi connectivity index (χ1v) is 7.11. The van der Waals surface area contributed by atoms with Crippen LogP contribution in [0.4, 0.5) is 0 Å². The number of aromatic nitrogens is 4. The summed E-state index contributed by atoms with van der Waals surface area (Å²) in [4.78, 5) is 9.88. The van der Waals surface area contributed by atoms with Crippen LogP contribution >= 0.6 is 23.1 Å². The molecule has 0 aliphatic rings. The Kier molecular flexibility index (Phi) is 3.06. The van der Waals surface area contributed by atoms with Gasteiger partial charge in [-0.1, -0.05) is 17.8 Å². The molecule has 0 unspecified atom stereocenters. The number of fused-ring (bicyclic) bond motifs is 1. The predicted molar refractivity (Wildman–Crippen MR) is 69.5 cm³/mol. The van der Waals surface area contributed by atoms with Gasteiger partial charge in [-0.2, -0.15) is 4.98 Å². The lowest BCUT2D eigenvalue weighted by atomic mass is 10.4. The molecule has 0 saturated heterocycles. The fraction of sp³-hybridized carbons (Fsp3) is 0.182. The maximum absolute atomic E-state index is 4.34. The molecular formula is C11H10N4S2. The van der Waals surface area contributed by atoms with Gasteiger partial charge in [-0.15, -0.1) is 16.4 Å². The average Bonchev–Trinajstić information content (AvgIpc) is 2.96. The van der Waals surface area contributed by atoms with Gasteiger partial charge in [0.1, 0.15) is 0 Å². The van der Waals surface area contributed by atoms with Crippen molar-refractivity contribution >= 4 is 28.9 Å². The van der Waals surface area contributed by atoms with Crippen LogP contribution in [0.1, 0.15) is 4.88 Å². The zero-order chi connectivity index (χ0) is 11.5. The topological polar surface area (TPSA) is 43.1 Å².